The Morgan fingerprint density at radius 3 is 1.44 bits per heavy atom. The van der Waals surface area contributed by atoms with Crippen molar-refractivity contribution in [3.8, 4) is 0 Å². The number of carboxylic acids is 1. The molecule has 0 heterocycles. The van der Waals surface area contributed by atoms with Gasteiger partial charge in [-0.15, -0.1) is 0 Å². The summed E-state index contributed by atoms with van der Waals surface area (Å²) in [5.74, 6) is -2.39. The van der Waals surface area contributed by atoms with Crippen LogP contribution in [0.2, 0.25) is 0 Å². The topological polar surface area (TPSA) is 172 Å². The standard InChI is InChI=1S/C43H78NO10P/c1-3-5-7-9-11-13-15-17-18-19-20-21-22-23-25-26-28-30-32-34-41(45)51-36-39(37-52-55(49,50)53-38-40(44)43(47)48)54-42(46)35-33-31-29-27-24-16-14-12-10-8-6-4-2/h11-14,17-18,39-40H,3-10,15-16,19-38,44H2,1-2H3,(H,47,48)(H,49,50)/b13-11-,14-12-,18-17-/t39-,40+/m1/s1. The van der Waals surface area contributed by atoms with E-state index in [0.717, 1.165) is 70.6 Å². The highest BCUT2D eigenvalue weighted by atomic mass is 31.2. The van der Waals surface area contributed by atoms with Gasteiger partial charge in [0.05, 0.1) is 13.2 Å². The highest BCUT2D eigenvalue weighted by Crippen LogP contribution is 2.43. The van der Waals surface area contributed by atoms with E-state index in [1.165, 1.54) is 77.0 Å². The van der Waals surface area contributed by atoms with Crippen molar-refractivity contribution in [2.45, 2.75) is 199 Å². The lowest BCUT2D eigenvalue weighted by atomic mass is 10.1. The third-order valence-corrected chi connectivity index (χ3v) is 10.1. The summed E-state index contributed by atoms with van der Waals surface area (Å²) in [4.78, 5) is 45.9. The fourth-order valence-electron chi connectivity index (χ4n) is 5.68. The first kappa shape index (κ1) is 52.7. The van der Waals surface area contributed by atoms with E-state index in [1.54, 1.807) is 0 Å². The lowest BCUT2D eigenvalue weighted by molar-refractivity contribution is -0.161. The number of ether oxygens (including phenoxy) is 2. The second-order valence-corrected chi connectivity index (χ2v) is 15.9. The van der Waals surface area contributed by atoms with Crippen LogP contribution in [-0.2, 0) is 37.5 Å². The largest absolute Gasteiger partial charge is 0.480 e. The fraction of sp³-hybridized carbons (Fsp3) is 0.791. The lowest BCUT2D eigenvalue weighted by Gasteiger charge is -2.20. The predicted octanol–water partition coefficient (Wildman–Crippen LogP) is 11.2. The molecule has 0 amide bonds. The summed E-state index contributed by atoms with van der Waals surface area (Å²) in [6.07, 6.45) is 40.6. The van der Waals surface area contributed by atoms with Crippen LogP contribution in [0.15, 0.2) is 36.5 Å². The molecule has 12 heteroatoms. The summed E-state index contributed by atoms with van der Waals surface area (Å²) in [7, 11) is -4.71. The molecule has 0 aromatic rings. The summed E-state index contributed by atoms with van der Waals surface area (Å²) in [6.45, 7) is 2.74. The first-order valence-corrected chi connectivity index (χ1v) is 23.0. The molecule has 0 aliphatic carbocycles. The van der Waals surface area contributed by atoms with Gasteiger partial charge in [-0.2, -0.15) is 0 Å². The van der Waals surface area contributed by atoms with Crippen molar-refractivity contribution in [3.63, 3.8) is 0 Å². The number of carbonyl (C=O) groups is 3. The zero-order chi connectivity index (χ0) is 40.7. The number of carboxylic acid groups (broad SMARTS) is 1. The van der Waals surface area contributed by atoms with E-state index < -0.39 is 51.1 Å². The normalized spacial score (nSPS) is 14.1. The van der Waals surface area contributed by atoms with Gasteiger partial charge in [-0.1, -0.05) is 140 Å². The van der Waals surface area contributed by atoms with Crippen LogP contribution >= 0.6 is 7.82 Å². The molecular weight excluding hydrogens is 721 g/mol. The Bertz CT molecular complexity index is 1080. The molecule has 0 aromatic heterocycles. The van der Waals surface area contributed by atoms with E-state index in [-0.39, 0.29) is 19.4 Å². The van der Waals surface area contributed by atoms with Crippen LogP contribution in [0.1, 0.15) is 187 Å². The first-order valence-electron chi connectivity index (χ1n) is 21.5. The number of esters is 2. The molecule has 0 radical (unpaired) electrons. The molecule has 0 saturated heterocycles. The van der Waals surface area contributed by atoms with Crippen molar-refractivity contribution in [2.75, 3.05) is 19.8 Å². The Kier molecular flexibility index (Phi) is 37.0. The molecule has 0 bridgehead atoms. The Morgan fingerprint density at radius 1 is 0.564 bits per heavy atom. The maximum Gasteiger partial charge on any atom is 0.472 e. The number of hydrogen-bond acceptors (Lipinski definition) is 9. The molecule has 4 N–H and O–H groups in total. The molecular formula is C43H78NO10P. The molecule has 0 fully saturated rings. The fourth-order valence-corrected chi connectivity index (χ4v) is 6.46. The second kappa shape index (κ2) is 38.6. The first-order chi connectivity index (χ1) is 26.6. The summed E-state index contributed by atoms with van der Waals surface area (Å²) in [5, 5.41) is 8.88. The van der Waals surface area contributed by atoms with Gasteiger partial charge < -0.3 is 25.2 Å². The molecule has 320 valence electrons. The summed E-state index contributed by atoms with van der Waals surface area (Å²) in [5.41, 5.74) is 5.33. The minimum atomic E-state index is -4.71. The van der Waals surface area contributed by atoms with E-state index in [9.17, 15) is 23.8 Å². The van der Waals surface area contributed by atoms with Crippen molar-refractivity contribution >= 4 is 25.7 Å². The second-order valence-electron chi connectivity index (χ2n) is 14.5. The molecule has 55 heavy (non-hydrogen) atoms. The molecule has 3 atom stereocenters. The van der Waals surface area contributed by atoms with Crippen molar-refractivity contribution in [1.82, 2.24) is 0 Å². The van der Waals surface area contributed by atoms with Crippen LogP contribution in [0.25, 0.3) is 0 Å². The van der Waals surface area contributed by atoms with E-state index in [4.69, 9.17) is 24.8 Å². The number of aliphatic carboxylic acids is 1. The van der Waals surface area contributed by atoms with Crippen LogP contribution in [0.4, 0.5) is 0 Å². The molecule has 0 aromatic carbocycles. The number of nitrogens with two attached hydrogens (primary N) is 1. The lowest BCUT2D eigenvalue weighted by Crippen LogP contribution is -2.34. The number of hydrogen-bond donors (Lipinski definition) is 3. The Labute approximate surface area is 333 Å². The van der Waals surface area contributed by atoms with Gasteiger partial charge in [0.15, 0.2) is 6.10 Å². The maximum atomic E-state index is 12.6. The van der Waals surface area contributed by atoms with Gasteiger partial charge in [-0.05, 0) is 70.6 Å². The SMILES string of the molecule is CCCCC/C=C\C/C=C\CCCCCCCCCCCC(=O)OC[C@H](COP(=O)(O)OC[C@H](N)C(=O)O)OC(=O)CCCCCCC/C=C\CCCCC. The van der Waals surface area contributed by atoms with Crippen molar-refractivity contribution in [3.05, 3.63) is 36.5 Å². The van der Waals surface area contributed by atoms with Gasteiger partial charge in [-0.25, -0.2) is 4.57 Å². The number of carbonyl (C=O) groups excluding carboxylic acids is 2. The summed E-state index contributed by atoms with van der Waals surface area (Å²) >= 11 is 0. The molecule has 0 aliphatic heterocycles. The van der Waals surface area contributed by atoms with E-state index in [2.05, 4.69) is 54.8 Å². The van der Waals surface area contributed by atoms with Crippen LogP contribution in [0, 0.1) is 0 Å². The summed E-state index contributed by atoms with van der Waals surface area (Å²) < 4.78 is 32.6. The minimum Gasteiger partial charge on any atom is -0.480 e. The van der Waals surface area contributed by atoms with E-state index in [0.29, 0.717) is 12.8 Å². The third kappa shape index (κ3) is 38.4. The van der Waals surface area contributed by atoms with Crippen LogP contribution in [0.3, 0.4) is 0 Å². The van der Waals surface area contributed by atoms with Crippen LogP contribution in [0.5, 0.6) is 0 Å². The van der Waals surface area contributed by atoms with E-state index >= 15 is 0 Å². The van der Waals surface area contributed by atoms with Gasteiger partial charge in [0.25, 0.3) is 0 Å². The average molecular weight is 800 g/mol. The molecule has 0 spiro atoms. The number of phosphoric ester groups is 1. The zero-order valence-electron chi connectivity index (χ0n) is 34.5. The predicted molar refractivity (Wildman–Crippen MR) is 222 cm³/mol. The average Bonchev–Trinajstić information content (AvgIpc) is 3.16. The number of unbranched alkanes of at least 4 members (excludes halogenated alkanes) is 20. The molecule has 0 saturated carbocycles. The van der Waals surface area contributed by atoms with Gasteiger partial charge in [0, 0.05) is 12.8 Å². The van der Waals surface area contributed by atoms with E-state index in [1.807, 2.05) is 0 Å². The maximum absolute atomic E-state index is 12.6. The highest BCUT2D eigenvalue weighted by Gasteiger charge is 2.28. The van der Waals surface area contributed by atoms with Crippen LogP contribution < -0.4 is 5.73 Å². The zero-order valence-corrected chi connectivity index (χ0v) is 35.4. The molecule has 1 unspecified atom stereocenters. The monoisotopic (exact) mass is 800 g/mol. The van der Waals surface area contributed by atoms with Gasteiger partial charge in [0.1, 0.15) is 12.6 Å². The Morgan fingerprint density at radius 2 is 0.964 bits per heavy atom. The van der Waals surface area contributed by atoms with Gasteiger partial charge in [-0.3, -0.25) is 23.4 Å². The Hall–Kier alpha value is -2.30. The summed E-state index contributed by atoms with van der Waals surface area (Å²) in [6, 6.07) is -1.52. The van der Waals surface area contributed by atoms with Crippen molar-refractivity contribution < 1.29 is 47.5 Å². The number of allylic oxidation sites excluding steroid dienone is 6. The van der Waals surface area contributed by atoms with Gasteiger partial charge in [0.2, 0.25) is 0 Å². The Balaban J connectivity index is 4.33. The minimum absolute atomic E-state index is 0.150. The third-order valence-electron chi connectivity index (χ3n) is 9.11. The number of phosphoric acid groups is 1. The van der Waals surface area contributed by atoms with Crippen LogP contribution in [-0.4, -0.2) is 59.9 Å². The molecule has 11 nitrogen and oxygen atoms in total. The number of rotatable bonds is 40. The highest BCUT2D eigenvalue weighted by molar-refractivity contribution is 7.47. The molecule has 0 aliphatic rings. The quantitative estimate of drug-likeness (QED) is 0.0233. The van der Waals surface area contributed by atoms with Crippen molar-refractivity contribution in [2.24, 2.45) is 5.73 Å². The smallest absolute Gasteiger partial charge is 0.472 e. The van der Waals surface area contributed by atoms with Gasteiger partial charge >= 0.3 is 25.7 Å². The molecule has 0 rings (SSSR count). The van der Waals surface area contributed by atoms with Crippen molar-refractivity contribution in [1.29, 1.82) is 0 Å².